The molecular weight excluding hydrogens is 184 g/mol. The van der Waals surface area contributed by atoms with E-state index in [2.05, 4.69) is 30.9 Å². The smallest absolute Gasteiger partial charge is 0.191 e. The number of aromatic amines is 1. The van der Waals surface area contributed by atoms with Gasteiger partial charge in [0.1, 0.15) is 5.76 Å². The van der Waals surface area contributed by atoms with Crippen molar-refractivity contribution >= 4 is 0 Å². The van der Waals surface area contributed by atoms with E-state index in [1.165, 1.54) is 6.39 Å². The molecule has 0 amide bonds. The average Bonchev–Trinajstić information content (AvgIpc) is 2.87. The highest BCUT2D eigenvalue weighted by Gasteiger charge is 2.09. The van der Waals surface area contributed by atoms with Crippen molar-refractivity contribution in [1.29, 1.82) is 0 Å². The van der Waals surface area contributed by atoms with Crippen LogP contribution in [0.15, 0.2) is 17.0 Å². The van der Waals surface area contributed by atoms with Crippen LogP contribution in [0.1, 0.15) is 24.6 Å². The molecule has 1 atom stereocenters. The molecule has 2 aromatic rings. The maximum Gasteiger partial charge on any atom is 0.191 e. The summed E-state index contributed by atoms with van der Waals surface area (Å²) in [6, 6.07) is 0.0267. The highest BCUT2D eigenvalue weighted by atomic mass is 16.3. The highest BCUT2D eigenvalue weighted by molar-refractivity contribution is 4.91. The fraction of sp³-hybridized carbons (Fsp3) is 0.429. The summed E-state index contributed by atoms with van der Waals surface area (Å²) in [5.74, 6) is 1.41. The normalized spacial score (nSPS) is 12.9. The van der Waals surface area contributed by atoms with Gasteiger partial charge in [-0.15, -0.1) is 10.2 Å². The van der Waals surface area contributed by atoms with Crippen molar-refractivity contribution in [2.75, 3.05) is 0 Å². The van der Waals surface area contributed by atoms with Gasteiger partial charge in [-0.25, -0.2) is 4.98 Å². The topological polar surface area (TPSA) is 92.5 Å². The highest BCUT2D eigenvalue weighted by Crippen LogP contribution is 2.05. The minimum Gasteiger partial charge on any atom is -0.447 e. The first-order valence-electron chi connectivity index (χ1n) is 4.20. The molecule has 0 spiro atoms. The first-order chi connectivity index (χ1) is 6.86. The standard InChI is InChI=1S/C7H10N6O/c1-5(7-10-12-13-11-7)9-3-6-2-8-4-14-6/h2,4-5,9H,3H2,1H3,(H,10,11,12,13). The molecule has 0 aromatic carbocycles. The molecule has 0 aliphatic heterocycles. The van der Waals surface area contributed by atoms with E-state index in [-0.39, 0.29) is 6.04 Å². The van der Waals surface area contributed by atoms with Gasteiger partial charge in [0.05, 0.1) is 18.8 Å². The Morgan fingerprint density at radius 2 is 2.57 bits per heavy atom. The molecule has 1 unspecified atom stereocenters. The van der Waals surface area contributed by atoms with Crippen molar-refractivity contribution in [2.45, 2.75) is 19.5 Å². The lowest BCUT2D eigenvalue weighted by molar-refractivity contribution is 0.451. The molecule has 0 fully saturated rings. The lowest BCUT2D eigenvalue weighted by Gasteiger charge is -2.06. The van der Waals surface area contributed by atoms with Crippen LogP contribution in [0.4, 0.5) is 0 Å². The number of hydrogen-bond acceptors (Lipinski definition) is 6. The summed E-state index contributed by atoms with van der Waals surface area (Å²) < 4.78 is 5.06. The van der Waals surface area contributed by atoms with Gasteiger partial charge in [0.25, 0.3) is 0 Å². The molecule has 2 heterocycles. The summed E-state index contributed by atoms with van der Waals surface area (Å²) in [7, 11) is 0. The fourth-order valence-electron chi connectivity index (χ4n) is 1.03. The van der Waals surface area contributed by atoms with Crippen LogP contribution in [0.2, 0.25) is 0 Å². The van der Waals surface area contributed by atoms with Crippen LogP contribution in [0, 0.1) is 0 Å². The first-order valence-corrected chi connectivity index (χ1v) is 4.20. The van der Waals surface area contributed by atoms with Gasteiger partial charge < -0.3 is 9.73 Å². The van der Waals surface area contributed by atoms with Gasteiger partial charge in [-0.3, -0.25) is 0 Å². The number of H-pyrrole nitrogens is 1. The number of hydrogen-bond donors (Lipinski definition) is 2. The molecule has 0 saturated heterocycles. The number of nitrogens with one attached hydrogen (secondary N) is 2. The van der Waals surface area contributed by atoms with Gasteiger partial charge in [0.15, 0.2) is 12.2 Å². The monoisotopic (exact) mass is 194 g/mol. The average molecular weight is 194 g/mol. The van der Waals surface area contributed by atoms with Gasteiger partial charge >= 0.3 is 0 Å². The van der Waals surface area contributed by atoms with Crippen molar-refractivity contribution in [3.05, 3.63) is 24.2 Å². The number of tetrazole rings is 1. The quantitative estimate of drug-likeness (QED) is 0.713. The lowest BCUT2D eigenvalue weighted by atomic mass is 10.3. The Kier molecular flexibility index (Phi) is 2.50. The molecule has 14 heavy (non-hydrogen) atoms. The van der Waals surface area contributed by atoms with Crippen molar-refractivity contribution in [3.8, 4) is 0 Å². The summed E-state index contributed by atoms with van der Waals surface area (Å²) in [5, 5.41) is 16.8. The minimum absolute atomic E-state index is 0.0267. The zero-order valence-corrected chi connectivity index (χ0v) is 7.64. The molecule has 0 saturated carbocycles. The second-order valence-corrected chi connectivity index (χ2v) is 2.84. The molecule has 0 aliphatic carbocycles. The third-order valence-corrected chi connectivity index (χ3v) is 1.81. The van der Waals surface area contributed by atoms with Gasteiger partial charge in [-0.2, -0.15) is 5.21 Å². The predicted molar refractivity (Wildman–Crippen MR) is 45.9 cm³/mol. The molecule has 2 rings (SSSR count). The van der Waals surface area contributed by atoms with E-state index in [9.17, 15) is 0 Å². The minimum atomic E-state index is 0.0267. The second kappa shape index (κ2) is 3.97. The molecule has 2 aromatic heterocycles. The van der Waals surface area contributed by atoms with Crippen LogP contribution in [0.25, 0.3) is 0 Å². The second-order valence-electron chi connectivity index (χ2n) is 2.84. The predicted octanol–water partition coefficient (Wildman–Crippen LogP) is 0.0385. The Balaban J connectivity index is 1.87. The van der Waals surface area contributed by atoms with E-state index in [0.29, 0.717) is 12.4 Å². The maximum absolute atomic E-state index is 5.06. The van der Waals surface area contributed by atoms with Crippen molar-refractivity contribution in [1.82, 2.24) is 30.9 Å². The van der Waals surface area contributed by atoms with Gasteiger partial charge in [0.2, 0.25) is 0 Å². The summed E-state index contributed by atoms with van der Waals surface area (Å²) in [6.45, 7) is 2.54. The maximum atomic E-state index is 5.06. The Morgan fingerprint density at radius 3 is 3.21 bits per heavy atom. The van der Waals surface area contributed by atoms with E-state index in [0.717, 1.165) is 5.76 Å². The SMILES string of the molecule is CC(NCc1cnco1)c1nn[nH]n1. The van der Waals surface area contributed by atoms with Gasteiger partial charge in [0, 0.05) is 0 Å². The van der Waals surface area contributed by atoms with Crippen LogP contribution in [0.5, 0.6) is 0 Å². The summed E-state index contributed by atoms with van der Waals surface area (Å²) in [4.78, 5) is 3.81. The zero-order valence-electron chi connectivity index (χ0n) is 7.64. The largest absolute Gasteiger partial charge is 0.447 e. The van der Waals surface area contributed by atoms with Crippen LogP contribution >= 0.6 is 0 Å². The molecule has 0 radical (unpaired) electrons. The van der Waals surface area contributed by atoms with Crippen LogP contribution in [0.3, 0.4) is 0 Å². The van der Waals surface area contributed by atoms with Gasteiger partial charge in [-0.1, -0.05) is 5.21 Å². The Labute approximate surface area is 79.9 Å². The Morgan fingerprint density at radius 1 is 1.64 bits per heavy atom. The Hall–Kier alpha value is -1.76. The van der Waals surface area contributed by atoms with Crippen LogP contribution in [-0.4, -0.2) is 25.6 Å². The lowest BCUT2D eigenvalue weighted by Crippen LogP contribution is -2.18. The third-order valence-electron chi connectivity index (χ3n) is 1.81. The van der Waals surface area contributed by atoms with E-state index in [1.54, 1.807) is 6.20 Å². The molecule has 7 nitrogen and oxygen atoms in total. The molecule has 2 N–H and O–H groups in total. The van der Waals surface area contributed by atoms with E-state index < -0.39 is 0 Å². The number of rotatable bonds is 4. The van der Waals surface area contributed by atoms with E-state index in [1.807, 2.05) is 6.92 Å². The summed E-state index contributed by atoms with van der Waals surface area (Å²) >= 11 is 0. The van der Waals surface area contributed by atoms with E-state index >= 15 is 0 Å². The molecule has 0 aliphatic rings. The fourth-order valence-corrected chi connectivity index (χ4v) is 1.03. The third kappa shape index (κ3) is 1.94. The molecule has 0 bridgehead atoms. The Bertz CT molecular complexity index is 355. The molecule has 7 heteroatoms. The van der Waals surface area contributed by atoms with Crippen LogP contribution in [-0.2, 0) is 6.54 Å². The van der Waals surface area contributed by atoms with Crippen LogP contribution < -0.4 is 5.32 Å². The van der Waals surface area contributed by atoms with Gasteiger partial charge in [-0.05, 0) is 6.92 Å². The summed E-state index contributed by atoms with van der Waals surface area (Å²) in [5.41, 5.74) is 0. The number of oxazole rings is 1. The molecular formula is C7H10N6O. The first kappa shape index (κ1) is 8.82. The number of aromatic nitrogens is 5. The molecule has 74 valence electrons. The number of nitrogens with zero attached hydrogens (tertiary/aromatic N) is 4. The zero-order chi connectivity index (χ0) is 9.80. The van der Waals surface area contributed by atoms with Crippen molar-refractivity contribution in [3.63, 3.8) is 0 Å². The van der Waals surface area contributed by atoms with Crippen molar-refractivity contribution < 1.29 is 4.42 Å². The van der Waals surface area contributed by atoms with E-state index in [4.69, 9.17) is 4.42 Å². The van der Waals surface area contributed by atoms with Crippen molar-refractivity contribution in [2.24, 2.45) is 0 Å². The summed E-state index contributed by atoms with van der Waals surface area (Å²) in [6.07, 6.45) is 3.06.